The van der Waals surface area contributed by atoms with E-state index in [0.29, 0.717) is 0 Å². The molecular formula is C13H24N4O. The molecule has 1 aromatic rings. The van der Waals surface area contributed by atoms with E-state index in [9.17, 15) is 4.79 Å². The quantitative estimate of drug-likeness (QED) is 0.828. The molecule has 1 aromatic heterocycles. The van der Waals surface area contributed by atoms with Crippen molar-refractivity contribution >= 4 is 5.82 Å². The third-order valence-corrected chi connectivity index (χ3v) is 2.78. The Morgan fingerprint density at radius 3 is 2.50 bits per heavy atom. The average Bonchev–Trinajstić information content (AvgIpc) is 2.27. The molecular weight excluding hydrogens is 228 g/mol. The lowest BCUT2D eigenvalue weighted by Crippen LogP contribution is -2.26. The second-order valence-electron chi connectivity index (χ2n) is 5.22. The highest BCUT2D eigenvalue weighted by molar-refractivity contribution is 5.36. The van der Waals surface area contributed by atoms with Crippen LogP contribution in [0.1, 0.15) is 32.0 Å². The molecule has 0 aliphatic carbocycles. The minimum Gasteiger partial charge on any atom is -0.359 e. The first-order chi connectivity index (χ1) is 8.40. The number of anilines is 1. The third kappa shape index (κ3) is 4.49. The molecule has 1 heterocycles. The Kier molecular flexibility index (Phi) is 5.34. The van der Waals surface area contributed by atoms with Crippen molar-refractivity contribution in [3.8, 4) is 0 Å². The molecule has 0 atom stereocenters. The van der Waals surface area contributed by atoms with E-state index in [-0.39, 0.29) is 11.5 Å². The predicted octanol–water partition coefficient (Wildman–Crippen LogP) is 1.28. The van der Waals surface area contributed by atoms with Crippen LogP contribution in [0.2, 0.25) is 0 Å². The van der Waals surface area contributed by atoms with Gasteiger partial charge in [-0.1, -0.05) is 13.8 Å². The normalized spacial score (nSPS) is 11.3. The number of rotatable bonds is 6. The summed E-state index contributed by atoms with van der Waals surface area (Å²) in [7, 11) is 6.09. The highest BCUT2D eigenvalue weighted by Gasteiger charge is 2.08. The van der Waals surface area contributed by atoms with Crippen molar-refractivity contribution in [1.29, 1.82) is 0 Å². The number of nitrogens with zero attached hydrogens (tertiary/aromatic N) is 3. The Morgan fingerprint density at radius 1 is 1.28 bits per heavy atom. The maximum atomic E-state index is 11.6. The number of hydrogen-bond donors (Lipinski definition) is 1. The number of nitrogens with one attached hydrogen (secondary N) is 1. The van der Waals surface area contributed by atoms with Crippen LogP contribution < -0.4 is 10.5 Å². The summed E-state index contributed by atoms with van der Waals surface area (Å²) >= 11 is 0. The maximum Gasteiger partial charge on any atom is 0.252 e. The molecule has 0 saturated carbocycles. The molecule has 0 saturated heterocycles. The van der Waals surface area contributed by atoms with E-state index in [1.165, 1.54) is 0 Å². The van der Waals surface area contributed by atoms with Crippen molar-refractivity contribution in [2.75, 3.05) is 39.1 Å². The lowest BCUT2D eigenvalue weighted by atomic mass is 10.2. The van der Waals surface area contributed by atoms with Crippen LogP contribution in [0.15, 0.2) is 10.9 Å². The molecule has 5 heteroatoms. The number of aromatic nitrogens is 2. The summed E-state index contributed by atoms with van der Waals surface area (Å²) in [5.74, 6) is 1.73. The minimum atomic E-state index is -0.0804. The molecule has 0 radical (unpaired) electrons. The van der Waals surface area contributed by atoms with Crippen LogP contribution in [-0.2, 0) is 0 Å². The van der Waals surface area contributed by atoms with Crippen molar-refractivity contribution in [2.24, 2.45) is 0 Å². The molecule has 102 valence electrons. The van der Waals surface area contributed by atoms with Crippen molar-refractivity contribution in [1.82, 2.24) is 14.9 Å². The van der Waals surface area contributed by atoms with Gasteiger partial charge < -0.3 is 14.8 Å². The monoisotopic (exact) mass is 252 g/mol. The van der Waals surface area contributed by atoms with Gasteiger partial charge in [-0.2, -0.15) is 0 Å². The Bertz CT molecular complexity index is 425. The first-order valence-electron chi connectivity index (χ1n) is 6.37. The van der Waals surface area contributed by atoms with Crippen molar-refractivity contribution in [2.45, 2.75) is 26.2 Å². The van der Waals surface area contributed by atoms with Gasteiger partial charge in [0.1, 0.15) is 11.6 Å². The van der Waals surface area contributed by atoms with Gasteiger partial charge in [0, 0.05) is 25.6 Å². The maximum absolute atomic E-state index is 11.6. The first kappa shape index (κ1) is 14.7. The van der Waals surface area contributed by atoms with Gasteiger partial charge in [0.25, 0.3) is 5.56 Å². The van der Waals surface area contributed by atoms with Crippen molar-refractivity contribution in [3.63, 3.8) is 0 Å². The standard InChI is InChI=1S/C13H24N4O/c1-10(2)13-14-11(9-12(18)15-13)17(5)8-6-7-16(3)4/h9-10H,6-8H2,1-5H3,(H,14,15,18). The molecule has 0 aliphatic rings. The molecule has 0 fully saturated rings. The van der Waals surface area contributed by atoms with Gasteiger partial charge in [0.05, 0.1) is 0 Å². The van der Waals surface area contributed by atoms with Gasteiger partial charge >= 0.3 is 0 Å². The number of H-pyrrole nitrogens is 1. The average molecular weight is 252 g/mol. The molecule has 0 aliphatic heterocycles. The second kappa shape index (κ2) is 6.54. The molecule has 18 heavy (non-hydrogen) atoms. The summed E-state index contributed by atoms with van der Waals surface area (Å²) in [6, 6.07) is 1.56. The van der Waals surface area contributed by atoms with E-state index in [1.807, 2.05) is 25.8 Å². The summed E-state index contributed by atoms with van der Waals surface area (Å²) < 4.78 is 0. The fraction of sp³-hybridized carbons (Fsp3) is 0.692. The summed E-state index contributed by atoms with van der Waals surface area (Å²) in [5.41, 5.74) is -0.0804. The van der Waals surface area contributed by atoms with E-state index in [4.69, 9.17) is 0 Å². The molecule has 1 N–H and O–H groups in total. The van der Waals surface area contributed by atoms with Crippen molar-refractivity contribution in [3.05, 3.63) is 22.2 Å². The second-order valence-corrected chi connectivity index (χ2v) is 5.22. The SMILES string of the molecule is CC(C)c1nc(N(C)CCCN(C)C)cc(=O)[nH]1. The van der Waals surface area contributed by atoms with Crippen LogP contribution >= 0.6 is 0 Å². The Balaban J connectivity index is 2.73. The van der Waals surface area contributed by atoms with Crippen LogP contribution in [0.3, 0.4) is 0 Å². The van der Waals surface area contributed by atoms with E-state index in [0.717, 1.165) is 31.2 Å². The summed E-state index contributed by atoms with van der Waals surface area (Å²) in [4.78, 5) is 23.0. The molecule has 0 bridgehead atoms. The van der Waals surface area contributed by atoms with E-state index in [2.05, 4.69) is 29.0 Å². The van der Waals surface area contributed by atoms with E-state index >= 15 is 0 Å². The van der Waals surface area contributed by atoms with Crippen LogP contribution in [0.5, 0.6) is 0 Å². The van der Waals surface area contributed by atoms with Crippen LogP contribution in [0.25, 0.3) is 0 Å². The van der Waals surface area contributed by atoms with Gasteiger partial charge in [0.2, 0.25) is 0 Å². The van der Waals surface area contributed by atoms with E-state index in [1.54, 1.807) is 6.07 Å². The first-order valence-corrected chi connectivity index (χ1v) is 6.37. The summed E-state index contributed by atoms with van der Waals surface area (Å²) in [5, 5.41) is 0. The zero-order chi connectivity index (χ0) is 13.7. The highest BCUT2D eigenvalue weighted by Crippen LogP contribution is 2.11. The van der Waals surface area contributed by atoms with Gasteiger partial charge in [-0.25, -0.2) is 4.98 Å². The summed E-state index contributed by atoms with van der Waals surface area (Å²) in [6.07, 6.45) is 1.05. The Morgan fingerprint density at radius 2 is 1.94 bits per heavy atom. The van der Waals surface area contributed by atoms with Gasteiger partial charge in [-0.3, -0.25) is 4.79 Å². The zero-order valence-electron chi connectivity index (χ0n) is 12.0. The smallest absolute Gasteiger partial charge is 0.252 e. The summed E-state index contributed by atoms with van der Waals surface area (Å²) in [6.45, 7) is 5.97. The van der Waals surface area contributed by atoms with Gasteiger partial charge in [0.15, 0.2) is 0 Å². The molecule has 0 spiro atoms. The Labute approximate surface area is 109 Å². The molecule has 0 aromatic carbocycles. The van der Waals surface area contributed by atoms with Crippen LogP contribution in [0.4, 0.5) is 5.82 Å². The lowest BCUT2D eigenvalue weighted by Gasteiger charge is -2.20. The minimum absolute atomic E-state index is 0.0804. The highest BCUT2D eigenvalue weighted by atomic mass is 16.1. The van der Waals surface area contributed by atoms with Gasteiger partial charge in [-0.15, -0.1) is 0 Å². The predicted molar refractivity (Wildman–Crippen MR) is 75.4 cm³/mol. The van der Waals surface area contributed by atoms with Crippen LogP contribution in [-0.4, -0.2) is 49.1 Å². The molecule has 0 amide bonds. The van der Waals surface area contributed by atoms with E-state index < -0.39 is 0 Å². The third-order valence-electron chi connectivity index (χ3n) is 2.78. The molecule has 5 nitrogen and oxygen atoms in total. The molecule has 1 rings (SSSR count). The number of aromatic amines is 1. The molecule has 0 unspecified atom stereocenters. The fourth-order valence-electron chi connectivity index (χ4n) is 1.67. The van der Waals surface area contributed by atoms with Crippen LogP contribution in [0, 0.1) is 0 Å². The Hall–Kier alpha value is -1.36. The fourth-order valence-corrected chi connectivity index (χ4v) is 1.67. The zero-order valence-corrected chi connectivity index (χ0v) is 12.0. The van der Waals surface area contributed by atoms with Gasteiger partial charge in [-0.05, 0) is 27.1 Å². The number of hydrogen-bond acceptors (Lipinski definition) is 4. The lowest BCUT2D eigenvalue weighted by molar-refractivity contribution is 0.401. The topological polar surface area (TPSA) is 52.2 Å². The van der Waals surface area contributed by atoms with Crippen molar-refractivity contribution < 1.29 is 0 Å². The largest absolute Gasteiger partial charge is 0.359 e.